The third-order valence-corrected chi connectivity index (χ3v) is 7.37. The Labute approximate surface area is 238 Å². The lowest BCUT2D eigenvalue weighted by molar-refractivity contribution is 0.0748. The number of amidine groups is 1. The zero-order chi connectivity index (χ0) is 29.6. The van der Waals surface area contributed by atoms with E-state index < -0.39 is 27.9 Å². The van der Waals surface area contributed by atoms with E-state index in [1.165, 1.54) is 24.6 Å². The summed E-state index contributed by atoms with van der Waals surface area (Å²) in [4.78, 5) is 39.3. The number of hydrogen-bond acceptors (Lipinski definition) is 7. The molecule has 3 aromatic carbocycles. The monoisotopic (exact) mass is 576 g/mol. The Morgan fingerprint density at radius 2 is 1.51 bits per heavy atom. The van der Waals surface area contributed by atoms with Crippen molar-refractivity contribution in [2.24, 2.45) is 11.7 Å². The SMILES string of the molecule is CS(=O)(=O)OC(=O)c1cc(C(=O)NCC2CCCCC2)ccc1-c1ccccc1C(=O)Nc1ccc(C(=N)N)cc1. The number of carbonyl (C=O) groups is 3. The highest BCUT2D eigenvalue weighted by Crippen LogP contribution is 2.30. The van der Waals surface area contributed by atoms with Gasteiger partial charge in [-0.3, -0.25) is 15.0 Å². The van der Waals surface area contributed by atoms with Crippen LogP contribution in [0.15, 0.2) is 66.7 Å². The molecule has 214 valence electrons. The second kappa shape index (κ2) is 12.8. The van der Waals surface area contributed by atoms with Crippen LogP contribution in [0.3, 0.4) is 0 Å². The van der Waals surface area contributed by atoms with Gasteiger partial charge in [0.1, 0.15) is 5.84 Å². The third-order valence-electron chi connectivity index (χ3n) is 6.92. The Hall–Kier alpha value is -4.51. The normalized spacial score (nSPS) is 13.7. The van der Waals surface area contributed by atoms with Crippen LogP contribution in [0, 0.1) is 11.3 Å². The van der Waals surface area contributed by atoms with E-state index in [1.807, 2.05) is 0 Å². The first-order valence-electron chi connectivity index (χ1n) is 13.2. The van der Waals surface area contributed by atoms with Crippen molar-refractivity contribution >= 4 is 39.4 Å². The minimum absolute atomic E-state index is 0.104. The van der Waals surface area contributed by atoms with E-state index in [0.29, 0.717) is 29.3 Å². The summed E-state index contributed by atoms with van der Waals surface area (Å²) in [7, 11) is -4.16. The number of nitrogens with two attached hydrogens (primary N) is 1. The van der Waals surface area contributed by atoms with Crippen molar-refractivity contribution in [2.45, 2.75) is 32.1 Å². The van der Waals surface area contributed by atoms with Gasteiger partial charge in [0.2, 0.25) is 0 Å². The molecule has 3 aromatic rings. The molecule has 0 aromatic heterocycles. The maximum atomic E-state index is 13.3. The molecule has 2 amide bonds. The van der Waals surface area contributed by atoms with Crippen LogP contribution in [-0.4, -0.2) is 44.8 Å². The van der Waals surface area contributed by atoms with Gasteiger partial charge in [-0.1, -0.05) is 43.5 Å². The van der Waals surface area contributed by atoms with Crippen molar-refractivity contribution in [2.75, 3.05) is 18.1 Å². The first kappa shape index (κ1) is 29.5. The number of carbonyl (C=O) groups excluding carboxylic acids is 3. The number of hydrogen-bond donors (Lipinski definition) is 4. The van der Waals surface area contributed by atoms with E-state index >= 15 is 0 Å². The minimum atomic E-state index is -4.16. The van der Waals surface area contributed by atoms with Gasteiger partial charge in [0.25, 0.3) is 11.8 Å². The summed E-state index contributed by atoms with van der Waals surface area (Å²) in [5.74, 6) is -1.76. The van der Waals surface area contributed by atoms with Gasteiger partial charge in [0.15, 0.2) is 0 Å². The minimum Gasteiger partial charge on any atom is -0.384 e. The third kappa shape index (κ3) is 7.79. The van der Waals surface area contributed by atoms with Gasteiger partial charge in [-0.15, -0.1) is 0 Å². The lowest BCUT2D eigenvalue weighted by atomic mass is 9.89. The topological polar surface area (TPSA) is 169 Å². The molecule has 0 unspecified atom stereocenters. The van der Waals surface area contributed by atoms with Crippen molar-refractivity contribution in [3.63, 3.8) is 0 Å². The summed E-state index contributed by atoms with van der Waals surface area (Å²) in [6, 6.07) is 17.2. The Kier molecular flexibility index (Phi) is 9.18. The maximum absolute atomic E-state index is 13.3. The van der Waals surface area contributed by atoms with Crippen LogP contribution in [-0.2, 0) is 14.3 Å². The van der Waals surface area contributed by atoms with Gasteiger partial charge >= 0.3 is 16.1 Å². The molecular weight excluding hydrogens is 544 g/mol. The van der Waals surface area contributed by atoms with E-state index in [2.05, 4.69) is 14.8 Å². The molecule has 0 aliphatic heterocycles. The predicted molar refractivity (Wildman–Crippen MR) is 156 cm³/mol. The molecule has 0 bridgehead atoms. The maximum Gasteiger partial charge on any atom is 0.354 e. The molecule has 1 saturated carbocycles. The smallest absolute Gasteiger partial charge is 0.354 e. The van der Waals surface area contributed by atoms with Crippen molar-refractivity contribution < 1.29 is 27.0 Å². The summed E-state index contributed by atoms with van der Waals surface area (Å²) in [6.07, 6.45) is 6.31. The van der Waals surface area contributed by atoms with Gasteiger partial charge in [-0.05, 0) is 72.4 Å². The standard InChI is InChI=1S/C30H32N4O6S/c1-41(38,39)40-30(37)26-17-21(28(35)33-18-19-7-3-2-4-8-19)13-16-24(26)23-9-5-6-10-25(23)29(36)34-22-14-11-20(12-15-22)27(31)32/h5-6,9-17,19H,2-4,7-8,18H2,1H3,(H3,31,32)(H,33,35)(H,34,36). The van der Waals surface area contributed by atoms with Crippen LogP contribution in [0.5, 0.6) is 0 Å². The Bertz CT molecular complexity index is 1580. The van der Waals surface area contributed by atoms with E-state index in [-0.39, 0.29) is 28.1 Å². The van der Waals surface area contributed by atoms with Gasteiger partial charge in [0.05, 0.1) is 11.8 Å². The summed E-state index contributed by atoms with van der Waals surface area (Å²) in [5.41, 5.74) is 7.19. The summed E-state index contributed by atoms with van der Waals surface area (Å²) in [5, 5.41) is 13.2. The fourth-order valence-electron chi connectivity index (χ4n) is 4.85. The lowest BCUT2D eigenvalue weighted by Gasteiger charge is -2.21. The molecule has 0 atom stereocenters. The number of anilines is 1. The van der Waals surface area contributed by atoms with Crippen molar-refractivity contribution in [1.29, 1.82) is 5.41 Å². The second-order valence-corrected chi connectivity index (χ2v) is 11.6. The average Bonchev–Trinajstić information content (AvgIpc) is 2.95. The molecule has 0 radical (unpaired) electrons. The molecule has 0 heterocycles. The highest BCUT2D eigenvalue weighted by molar-refractivity contribution is 7.86. The molecule has 0 spiro atoms. The highest BCUT2D eigenvalue weighted by Gasteiger charge is 2.24. The summed E-state index contributed by atoms with van der Waals surface area (Å²) >= 11 is 0. The van der Waals surface area contributed by atoms with Crippen LogP contribution in [0.25, 0.3) is 11.1 Å². The molecule has 5 N–H and O–H groups in total. The molecular formula is C30H32N4O6S. The molecule has 1 fully saturated rings. The van der Waals surface area contributed by atoms with E-state index in [4.69, 9.17) is 11.1 Å². The molecule has 1 aliphatic carbocycles. The first-order valence-corrected chi connectivity index (χ1v) is 15.0. The highest BCUT2D eigenvalue weighted by atomic mass is 32.2. The van der Waals surface area contributed by atoms with E-state index in [1.54, 1.807) is 48.5 Å². The number of nitrogen functional groups attached to an aromatic ring is 1. The molecule has 10 nitrogen and oxygen atoms in total. The van der Waals surface area contributed by atoms with Gasteiger partial charge in [-0.25, -0.2) is 4.79 Å². The second-order valence-electron chi connectivity index (χ2n) is 10.0. The first-order chi connectivity index (χ1) is 19.5. The van der Waals surface area contributed by atoms with Crippen LogP contribution in [0.1, 0.15) is 68.7 Å². The zero-order valence-corrected chi connectivity index (χ0v) is 23.4. The number of nitrogens with one attached hydrogen (secondary N) is 3. The fourth-order valence-corrected chi connectivity index (χ4v) is 5.21. The van der Waals surface area contributed by atoms with E-state index in [0.717, 1.165) is 31.9 Å². The number of rotatable bonds is 9. The van der Waals surface area contributed by atoms with Crippen LogP contribution in [0.2, 0.25) is 0 Å². The van der Waals surface area contributed by atoms with Crippen LogP contribution < -0.4 is 16.4 Å². The average molecular weight is 577 g/mol. The predicted octanol–water partition coefficient (Wildman–Crippen LogP) is 4.32. The zero-order valence-electron chi connectivity index (χ0n) is 22.6. The van der Waals surface area contributed by atoms with Gasteiger partial charge in [0, 0.05) is 28.9 Å². The van der Waals surface area contributed by atoms with Crippen molar-refractivity contribution in [3.8, 4) is 11.1 Å². The van der Waals surface area contributed by atoms with Gasteiger partial charge in [-0.2, -0.15) is 8.42 Å². The summed E-state index contributed by atoms with van der Waals surface area (Å²) in [6.45, 7) is 0.514. The Morgan fingerprint density at radius 3 is 2.17 bits per heavy atom. The lowest BCUT2D eigenvalue weighted by Crippen LogP contribution is -2.30. The Morgan fingerprint density at radius 1 is 0.878 bits per heavy atom. The van der Waals surface area contributed by atoms with Crippen molar-refractivity contribution in [1.82, 2.24) is 5.32 Å². The van der Waals surface area contributed by atoms with Crippen molar-refractivity contribution in [3.05, 3.63) is 89.0 Å². The Balaban J connectivity index is 1.66. The van der Waals surface area contributed by atoms with E-state index in [9.17, 15) is 22.8 Å². The van der Waals surface area contributed by atoms with Gasteiger partial charge < -0.3 is 20.6 Å². The fraction of sp³-hybridized carbons (Fsp3) is 0.267. The molecule has 0 saturated heterocycles. The summed E-state index contributed by atoms with van der Waals surface area (Å²) < 4.78 is 28.3. The molecule has 1 aliphatic rings. The number of amides is 2. The van der Waals surface area contributed by atoms with Crippen LogP contribution >= 0.6 is 0 Å². The largest absolute Gasteiger partial charge is 0.384 e. The van der Waals surface area contributed by atoms with Crippen LogP contribution in [0.4, 0.5) is 5.69 Å². The number of benzene rings is 3. The molecule has 4 rings (SSSR count). The quantitative estimate of drug-likeness (QED) is 0.167. The molecule has 41 heavy (non-hydrogen) atoms. The molecule has 11 heteroatoms.